The summed E-state index contributed by atoms with van der Waals surface area (Å²) in [5.74, 6) is -0.148. The second-order valence-corrected chi connectivity index (χ2v) is 5.63. The van der Waals surface area contributed by atoms with Gasteiger partial charge in [-0.2, -0.15) is 0 Å². The number of aryl methyl sites for hydroxylation is 1. The minimum Gasteiger partial charge on any atom is -0.494 e. The predicted molar refractivity (Wildman–Crippen MR) is 82.2 cm³/mol. The van der Waals surface area contributed by atoms with Gasteiger partial charge in [0.2, 0.25) is 0 Å². The number of carbonyl (C=O) groups is 1. The number of carboxylic acids is 1. The van der Waals surface area contributed by atoms with Crippen LogP contribution in [0.25, 0.3) is 0 Å². The van der Waals surface area contributed by atoms with Crippen LogP contribution in [0.5, 0.6) is 5.75 Å². The van der Waals surface area contributed by atoms with Crippen LogP contribution in [0.1, 0.15) is 22.3 Å². The first-order valence-electron chi connectivity index (χ1n) is 7.44. The Hall–Kier alpha value is -1.59. The number of benzene rings is 1. The highest BCUT2D eigenvalue weighted by molar-refractivity contribution is 5.89. The largest absolute Gasteiger partial charge is 0.494 e. The molecule has 0 atom stereocenters. The SMILES string of the molecule is Cc1cc(OCCCN2CCN(C)CC2)ccc1C(=O)O. The van der Waals surface area contributed by atoms with Crippen LogP contribution >= 0.6 is 0 Å². The molecule has 1 aliphatic heterocycles. The Morgan fingerprint density at radius 1 is 1.29 bits per heavy atom. The Kier molecular flexibility index (Phi) is 5.59. The summed E-state index contributed by atoms with van der Waals surface area (Å²) in [6.07, 6.45) is 0.990. The maximum absolute atomic E-state index is 10.9. The monoisotopic (exact) mass is 292 g/mol. The molecule has 2 rings (SSSR count). The maximum Gasteiger partial charge on any atom is 0.335 e. The van der Waals surface area contributed by atoms with Gasteiger partial charge in [0.1, 0.15) is 5.75 Å². The minimum absolute atomic E-state index is 0.333. The third kappa shape index (κ3) is 4.72. The van der Waals surface area contributed by atoms with E-state index in [0.29, 0.717) is 12.2 Å². The van der Waals surface area contributed by atoms with Crippen LogP contribution in [0.15, 0.2) is 18.2 Å². The Bertz CT molecular complexity index is 482. The van der Waals surface area contributed by atoms with Crippen molar-refractivity contribution in [2.75, 3.05) is 46.4 Å². The smallest absolute Gasteiger partial charge is 0.335 e. The molecule has 1 saturated heterocycles. The van der Waals surface area contributed by atoms with E-state index in [9.17, 15) is 4.79 Å². The highest BCUT2D eigenvalue weighted by Crippen LogP contribution is 2.17. The van der Waals surface area contributed by atoms with E-state index in [1.165, 1.54) is 0 Å². The molecule has 0 bridgehead atoms. The number of aromatic carboxylic acids is 1. The summed E-state index contributed by atoms with van der Waals surface area (Å²) in [7, 11) is 2.16. The number of piperazine rings is 1. The van der Waals surface area contributed by atoms with E-state index < -0.39 is 5.97 Å². The molecule has 1 heterocycles. The molecule has 1 aliphatic rings. The third-order valence-electron chi connectivity index (χ3n) is 3.91. The minimum atomic E-state index is -0.894. The number of hydrogen-bond acceptors (Lipinski definition) is 4. The van der Waals surface area contributed by atoms with Gasteiger partial charge in [-0.1, -0.05) is 0 Å². The lowest BCUT2D eigenvalue weighted by atomic mass is 10.1. The van der Waals surface area contributed by atoms with Gasteiger partial charge in [-0.05, 0) is 44.2 Å². The third-order valence-corrected chi connectivity index (χ3v) is 3.91. The van der Waals surface area contributed by atoms with Crippen molar-refractivity contribution in [2.45, 2.75) is 13.3 Å². The second-order valence-electron chi connectivity index (χ2n) is 5.63. The van der Waals surface area contributed by atoms with Crippen molar-refractivity contribution in [3.05, 3.63) is 29.3 Å². The van der Waals surface area contributed by atoms with Crippen molar-refractivity contribution in [3.8, 4) is 5.75 Å². The van der Waals surface area contributed by atoms with E-state index in [-0.39, 0.29) is 0 Å². The zero-order chi connectivity index (χ0) is 15.2. The number of carboxylic acid groups (broad SMARTS) is 1. The molecular weight excluding hydrogens is 268 g/mol. The van der Waals surface area contributed by atoms with Crippen LogP contribution in [0.2, 0.25) is 0 Å². The van der Waals surface area contributed by atoms with Crippen LogP contribution < -0.4 is 4.74 Å². The first kappa shape index (κ1) is 15.8. The number of nitrogens with zero attached hydrogens (tertiary/aromatic N) is 2. The first-order valence-corrected chi connectivity index (χ1v) is 7.44. The van der Waals surface area contributed by atoms with Crippen molar-refractivity contribution in [1.29, 1.82) is 0 Å². The normalized spacial score (nSPS) is 16.9. The van der Waals surface area contributed by atoms with Gasteiger partial charge in [-0.15, -0.1) is 0 Å². The summed E-state index contributed by atoms with van der Waals surface area (Å²) in [5, 5.41) is 8.98. The summed E-state index contributed by atoms with van der Waals surface area (Å²) in [4.78, 5) is 15.7. The van der Waals surface area contributed by atoms with E-state index >= 15 is 0 Å². The molecule has 1 N–H and O–H groups in total. The van der Waals surface area contributed by atoms with Crippen LogP contribution in [0.3, 0.4) is 0 Å². The molecule has 0 saturated carbocycles. The molecule has 5 nitrogen and oxygen atoms in total. The summed E-state index contributed by atoms with van der Waals surface area (Å²) < 4.78 is 5.70. The maximum atomic E-state index is 10.9. The Labute approximate surface area is 126 Å². The number of rotatable bonds is 6. The average Bonchev–Trinajstić information content (AvgIpc) is 2.45. The lowest BCUT2D eigenvalue weighted by Gasteiger charge is -2.32. The molecule has 116 valence electrons. The molecule has 0 aliphatic carbocycles. The van der Waals surface area contributed by atoms with Crippen molar-refractivity contribution in [3.63, 3.8) is 0 Å². The van der Waals surface area contributed by atoms with E-state index in [4.69, 9.17) is 9.84 Å². The van der Waals surface area contributed by atoms with E-state index in [1.54, 1.807) is 25.1 Å². The van der Waals surface area contributed by atoms with Crippen LogP contribution in [-0.4, -0.2) is 67.3 Å². The van der Waals surface area contributed by atoms with Crippen LogP contribution in [0, 0.1) is 6.92 Å². The van der Waals surface area contributed by atoms with Gasteiger partial charge in [0.25, 0.3) is 0 Å². The second kappa shape index (κ2) is 7.43. The molecule has 0 radical (unpaired) electrons. The topological polar surface area (TPSA) is 53.0 Å². The van der Waals surface area contributed by atoms with E-state index in [0.717, 1.165) is 50.5 Å². The highest BCUT2D eigenvalue weighted by Gasteiger charge is 2.13. The molecular formula is C16H24N2O3. The van der Waals surface area contributed by atoms with Gasteiger partial charge in [0, 0.05) is 32.7 Å². The average molecular weight is 292 g/mol. The molecule has 5 heteroatoms. The number of ether oxygens (including phenoxy) is 1. The summed E-state index contributed by atoms with van der Waals surface area (Å²) in [6.45, 7) is 8.04. The Balaban J connectivity index is 1.71. The van der Waals surface area contributed by atoms with E-state index in [1.807, 2.05) is 0 Å². The van der Waals surface area contributed by atoms with Crippen molar-refractivity contribution in [1.82, 2.24) is 9.80 Å². The molecule has 0 unspecified atom stereocenters. The molecule has 1 fully saturated rings. The van der Waals surface area contributed by atoms with Gasteiger partial charge in [-0.25, -0.2) is 4.79 Å². The quantitative estimate of drug-likeness (QED) is 0.809. The van der Waals surface area contributed by atoms with Gasteiger partial charge < -0.3 is 19.6 Å². The van der Waals surface area contributed by atoms with Gasteiger partial charge in [0.15, 0.2) is 0 Å². The molecule has 0 spiro atoms. The molecule has 1 aromatic rings. The fourth-order valence-electron chi connectivity index (χ4n) is 2.52. The van der Waals surface area contributed by atoms with Crippen molar-refractivity contribution in [2.24, 2.45) is 0 Å². The van der Waals surface area contributed by atoms with Gasteiger partial charge in [-0.3, -0.25) is 0 Å². The zero-order valence-corrected chi connectivity index (χ0v) is 12.8. The first-order chi connectivity index (χ1) is 10.1. The Morgan fingerprint density at radius 3 is 2.62 bits per heavy atom. The summed E-state index contributed by atoms with van der Waals surface area (Å²) in [5.41, 5.74) is 1.07. The standard InChI is InChI=1S/C16H24N2O3/c1-13-12-14(4-5-15(13)16(19)20)21-11-3-6-18-9-7-17(2)8-10-18/h4-5,12H,3,6-11H2,1-2H3,(H,19,20). The fraction of sp³-hybridized carbons (Fsp3) is 0.562. The molecule has 1 aromatic carbocycles. The lowest BCUT2D eigenvalue weighted by molar-refractivity contribution is 0.0696. The van der Waals surface area contributed by atoms with Crippen LogP contribution in [0.4, 0.5) is 0 Å². The molecule has 21 heavy (non-hydrogen) atoms. The zero-order valence-electron chi connectivity index (χ0n) is 12.8. The number of hydrogen-bond donors (Lipinski definition) is 1. The summed E-state index contributed by atoms with van der Waals surface area (Å²) in [6, 6.07) is 5.12. The van der Waals surface area contributed by atoms with Crippen molar-refractivity contribution >= 4 is 5.97 Å². The van der Waals surface area contributed by atoms with Gasteiger partial charge >= 0.3 is 5.97 Å². The number of likely N-dealkylation sites (N-methyl/N-ethyl adjacent to an activating group) is 1. The highest BCUT2D eigenvalue weighted by atomic mass is 16.5. The Morgan fingerprint density at radius 2 is 2.00 bits per heavy atom. The lowest BCUT2D eigenvalue weighted by Crippen LogP contribution is -2.44. The van der Waals surface area contributed by atoms with E-state index in [2.05, 4.69) is 16.8 Å². The molecule has 0 amide bonds. The van der Waals surface area contributed by atoms with Crippen molar-refractivity contribution < 1.29 is 14.6 Å². The summed E-state index contributed by atoms with van der Waals surface area (Å²) >= 11 is 0. The van der Waals surface area contributed by atoms with Gasteiger partial charge in [0.05, 0.1) is 12.2 Å². The van der Waals surface area contributed by atoms with Crippen LogP contribution in [-0.2, 0) is 0 Å². The fourth-order valence-corrected chi connectivity index (χ4v) is 2.52. The molecule has 0 aromatic heterocycles. The predicted octanol–water partition coefficient (Wildman–Crippen LogP) is 1.71.